The molecule has 0 radical (unpaired) electrons. The van der Waals surface area contributed by atoms with Crippen LogP contribution in [0.3, 0.4) is 0 Å². The van der Waals surface area contributed by atoms with Crippen molar-refractivity contribution in [3.05, 3.63) is 0 Å². The molecule has 0 aliphatic carbocycles. The molecule has 0 heterocycles. The molecule has 2 nitrogen and oxygen atoms in total. The average Bonchev–Trinajstić information content (AvgIpc) is 1.68. The average molecular weight is 130 g/mol. The third kappa shape index (κ3) is 3.87. The lowest BCUT2D eigenvalue weighted by Crippen LogP contribution is -1.82. The van der Waals surface area contributed by atoms with Crippen molar-refractivity contribution in [1.29, 1.82) is 5.41 Å². The molecule has 0 aliphatic rings. The van der Waals surface area contributed by atoms with Crippen molar-refractivity contribution in [3.63, 3.8) is 0 Å². The normalized spacial score (nSPS) is 11.5. The molecule has 0 unspecified atom stereocenters. The maximum atomic E-state index is 6.59. The van der Waals surface area contributed by atoms with Gasteiger partial charge in [-0.3, -0.25) is 5.41 Å². The highest BCUT2D eigenvalue weighted by atomic mass is 32.2. The predicted molar refractivity (Wildman–Crippen MR) is 40.0 cm³/mol. The fraction of sp³-hybridized carbons (Fsp3) is 0.600. The zero-order valence-electron chi connectivity index (χ0n) is 5.14. The molecular formula is C5H10N2S. The van der Waals surface area contributed by atoms with E-state index in [0.29, 0.717) is 0 Å². The molecule has 0 rings (SSSR count). The van der Waals surface area contributed by atoms with Gasteiger partial charge in [0.1, 0.15) is 6.34 Å². The molecule has 0 spiro atoms. The van der Waals surface area contributed by atoms with Crippen LogP contribution in [0, 0.1) is 5.41 Å². The van der Waals surface area contributed by atoms with Crippen LogP contribution in [0.15, 0.2) is 4.99 Å². The highest BCUT2D eigenvalue weighted by molar-refractivity contribution is 8.13. The number of rotatable bonds is 2. The second-order valence-corrected chi connectivity index (χ2v) is 2.67. The molecule has 3 heteroatoms. The Bertz CT molecular complexity index is 98.6. The van der Waals surface area contributed by atoms with E-state index in [1.165, 1.54) is 0 Å². The van der Waals surface area contributed by atoms with Crippen molar-refractivity contribution in [2.24, 2.45) is 4.99 Å². The van der Waals surface area contributed by atoms with E-state index >= 15 is 0 Å². The van der Waals surface area contributed by atoms with Crippen molar-refractivity contribution < 1.29 is 0 Å². The summed E-state index contributed by atoms with van der Waals surface area (Å²) >= 11 is 1.65. The summed E-state index contributed by atoms with van der Waals surface area (Å²) in [6.45, 7) is 3.97. The third-order valence-electron chi connectivity index (χ3n) is 0.600. The predicted octanol–water partition coefficient (Wildman–Crippen LogP) is 1.76. The van der Waals surface area contributed by atoms with Crippen LogP contribution in [-0.4, -0.2) is 17.1 Å². The SMILES string of the molecule is CCS/C(C)=N/C=N. The summed E-state index contributed by atoms with van der Waals surface area (Å²) in [4.78, 5) is 3.74. The van der Waals surface area contributed by atoms with Gasteiger partial charge in [-0.25, -0.2) is 4.99 Å². The van der Waals surface area contributed by atoms with Gasteiger partial charge in [-0.2, -0.15) is 0 Å². The van der Waals surface area contributed by atoms with Gasteiger partial charge in [-0.1, -0.05) is 6.92 Å². The van der Waals surface area contributed by atoms with Gasteiger partial charge in [0, 0.05) is 0 Å². The summed E-state index contributed by atoms with van der Waals surface area (Å²) in [5.41, 5.74) is 0. The first-order valence-corrected chi connectivity index (χ1v) is 3.46. The van der Waals surface area contributed by atoms with E-state index in [0.717, 1.165) is 17.1 Å². The van der Waals surface area contributed by atoms with Gasteiger partial charge in [0.05, 0.1) is 5.04 Å². The molecule has 0 aromatic rings. The van der Waals surface area contributed by atoms with Gasteiger partial charge >= 0.3 is 0 Å². The number of hydrogen-bond acceptors (Lipinski definition) is 2. The Morgan fingerprint density at radius 1 is 1.88 bits per heavy atom. The molecule has 8 heavy (non-hydrogen) atoms. The minimum atomic E-state index is 0.961. The molecule has 46 valence electrons. The molecule has 1 N–H and O–H groups in total. The summed E-state index contributed by atoms with van der Waals surface area (Å²) in [5.74, 6) is 1.03. The Hall–Kier alpha value is -0.310. The number of nitrogens with one attached hydrogen (secondary N) is 1. The molecule has 0 bridgehead atoms. The van der Waals surface area contributed by atoms with Crippen LogP contribution < -0.4 is 0 Å². The van der Waals surface area contributed by atoms with Crippen molar-refractivity contribution >= 4 is 23.1 Å². The zero-order valence-corrected chi connectivity index (χ0v) is 5.96. The Kier molecular flexibility index (Phi) is 4.65. The van der Waals surface area contributed by atoms with Gasteiger partial charge in [0.25, 0.3) is 0 Å². The van der Waals surface area contributed by atoms with Gasteiger partial charge in [-0.15, -0.1) is 11.8 Å². The number of thioether (sulfide) groups is 1. The van der Waals surface area contributed by atoms with Crippen molar-refractivity contribution in [3.8, 4) is 0 Å². The van der Waals surface area contributed by atoms with E-state index in [-0.39, 0.29) is 0 Å². The van der Waals surface area contributed by atoms with E-state index in [1.54, 1.807) is 11.8 Å². The highest BCUT2D eigenvalue weighted by Crippen LogP contribution is 2.00. The fourth-order valence-electron chi connectivity index (χ4n) is 0.337. The third-order valence-corrected chi connectivity index (χ3v) is 1.41. The monoisotopic (exact) mass is 130 g/mol. The Morgan fingerprint density at radius 3 is 2.88 bits per heavy atom. The first-order valence-electron chi connectivity index (χ1n) is 2.47. The lowest BCUT2D eigenvalue weighted by Gasteiger charge is -1.89. The Morgan fingerprint density at radius 2 is 2.50 bits per heavy atom. The lowest BCUT2D eigenvalue weighted by molar-refractivity contribution is 1.51. The molecule has 0 amide bonds. The molecule has 0 fully saturated rings. The molecule has 0 atom stereocenters. The quantitative estimate of drug-likeness (QED) is 0.449. The van der Waals surface area contributed by atoms with Crippen molar-refractivity contribution in [2.45, 2.75) is 13.8 Å². The van der Waals surface area contributed by atoms with E-state index in [1.807, 2.05) is 6.92 Å². The molecule has 0 saturated carbocycles. The number of hydrogen-bond donors (Lipinski definition) is 1. The van der Waals surface area contributed by atoms with Crippen LogP contribution in [0.1, 0.15) is 13.8 Å². The number of nitrogens with zero attached hydrogens (tertiary/aromatic N) is 1. The Balaban J connectivity index is 3.44. The number of aliphatic imine (C=N–C) groups is 1. The van der Waals surface area contributed by atoms with Gasteiger partial charge in [0.15, 0.2) is 0 Å². The van der Waals surface area contributed by atoms with E-state index in [4.69, 9.17) is 5.41 Å². The zero-order chi connectivity index (χ0) is 6.41. The second-order valence-electron chi connectivity index (χ2n) is 1.21. The van der Waals surface area contributed by atoms with E-state index < -0.39 is 0 Å². The van der Waals surface area contributed by atoms with Crippen molar-refractivity contribution in [1.82, 2.24) is 0 Å². The van der Waals surface area contributed by atoms with Crippen molar-refractivity contribution in [2.75, 3.05) is 5.75 Å². The summed E-state index contributed by atoms with van der Waals surface area (Å²) in [5, 5.41) is 7.55. The first-order chi connectivity index (χ1) is 3.81. The van der Waals surface area contributed by atoms with Crippen LogP contribution in [0.25, 0.3) is 0 Å². The first kappa shape index (κ1) is 7.69. The minimum Gasteiger partial charge on any atom is -0.289 e. The highest BCUT2D eigenvalue weighted by Gasteiger charge is 1.83. The maximum Gasteiger partial charge on any atom is 0.107 e. The van der Waals surface area contributed by atoms with Crippen LogP contribution in [0.5, 0.6) is 0 Å². The minimum absolute atomic E-state index is 0.961. The molecule has 0 aliphatic heterocycles. The second kappa shape index (κ2) is 4.84. The molecular weight excluding hydrogens is 120 g/mol. The summed E-state index contributed by atoms with van der Waals surface area (Å²) in [6.07, 6.45) is 1.07. The van der Waals surface area contributed by atoms with Crippen LogP contribution in [0.4, 0.5) is 0 Å². The summed E-state index contributed by atoms with van der Waals surface area (Å²) in [6, 6.07) is 0. The van der Waals surface area contributed by atoms with Crippen LogP contribution in [-0.2, 0) is 0 Å². The molecule has 0 aromatic heterocycles. The molecule has 0 saturated heterocycles. The molecule has 0 aromatic carbocycles. The summed E-state index contributed by atoms with van der Waals surface area (Å²) in [7, 11) is 0. The van der Waals surface area contributed by atoms with E-state index in [2.05, 4.69) is 11.9 Å². The van der Waals surface area contributed by atoms with Gasteiger partial charge < -0.3 is 0 Å². The van der Waals surface area contributed by atoms with Crippen LogP contribution in [0.2, 0.25) is 0 Å². The van der Waals surface area contributed by atoms with Gasteiger partial charge in [0.2, 0.25) is 0 Å². The maximum absolute atomic E-state index is 6.59. The largest absolute Gasteiger partial charge is 0.289 e. The van der Waals surface area contributed by atoms with E-state index in [9.17, 15) is 0 Å². The fourth-order valence-corrected chi connectivity index (χ4v) is 0.882. The lowest BCUT2D eigenvalue weighted by atomic mass is 10.9. The van der Waals surface area contributed by atoms with Crippen LogP contribution >= 0.6 is 11.8 Å². The Labute approximate surface area is 53.9 Å². The summed E-state index contributed by atoms with van der Waals surface area (Å²) < 4.78 is 0. The topological polar surface area (TPSA) is 36.2 Å². The smallest absolute Gasteiger partial charge is 0.107 e. The standard InChI is InChI=1S/C5H10N2S/c1-3-8-5(2)7-4-6/h4,6H,3H2,1-2H3/b6-4?,7-5+. The van der Waals surface area contributed by atoms with Gasteiger partial charge in [-0.05, 0) is 12.7 Å².